The molecule has 24 heavy (non-hydrogen) atoms. The van der Waals surface area contributed by atoms with Gasteiger partial charge in [0.15, 0.2) is 5.78 Å². The van der Waals surface area contributed by atoms with Gasteiger partial charge in [-0.05, 0) is 32.3 Å². The van der Waals surface area contributed by atoms with E-state index < -0.39 is 11.7 Å². The van der Waals surface area contributed by atoms with E-state index in [9.17, 15) is 9.59 Å². The minimum absolute atomic E-state index is 0.0734. The fraction of sp³-hybridized carbons (Fsp3) is 0.600. The van der Waals surface area contributed by atoms with E-state index in [1.807, 2.05) is 58.0 Å². The van der Waals surface area contributed by atoms with Gasteiger partial charge in [-0.25, -0.2) is 4.79 Å². The second-order valence-corrected chi connectivity index (χ2v) is 7.46. The predicted molar refractivity (Wildman–Crippen MR) is 96.7 cm³/mol. The third kappa shape index (κ3) is 6.73. The highest BCUT2D eigenvalue weighted by molar-refractivity contribution is 5.86. The van der Waals surface area contributed by atoms with Crippen LogP contribution in [0.1, 0.15) is 53.5 Å². The van der Waals surface area contributed by atoms with Gasteiger partial charge < -0.3 is 4.74 Å². The number of hydrogen-bond donors (Lipinski definition) is 0. The molecule has 0 saturated heterocycles. The smallest absolute Gasteiger partial charge is 0.410 e. The Morgan fingerprint density at radius 3 is 2.21 bits per heavy atom. The van der Waals surface area contributed by atoms with Gasteiger partial charge >= 0.3 is 6.09 Å². The molecular formula is C20H31NO3. The van der Waals surface area contributed by atoms with Gasteiger partial charge in [0, 0.05) is 12.5 Å². The Bertz CT molecular complexity index is 534. The van der Waals surface area contributed by atoms with E-state index in [0.29, 0.717) is 12.5 Å². The van der Waals surface area contributed by atoms with Crippen LogP contribution in [0.15, 0.2) is 30.3 Å². The zero-order valence-corrected chi connectivity index (χ0v) is 15.8. The summed E-state index contributed by atoms with van der Waals surface area (Å²) in [5, 5.41) is 0. The van der Waals surface area contributed by atoms with Crippen LogP contribution in [0, 0.1) is 11.8 Å². The number of ether oxygens (including phenoxy) is 1. The van der Waals surface area contributed by atoms with E-state index in [1.54, 1.807) is 0 Å². The molecule has 0 aliphatic carbocycles. The van der Waals surface area contributed by atoms with Gasteiger partial charge in [-0.15, -0.1) is 0 Å². The first-order valence-electron chi connectivity index (χ1n) is 8.68. The number of ketones is 1. The van der Waals surface area contributed by atoms with Crippen LogP contribution < -0.4 is 0 Å². The van der Waals surface area contributed by atoms with Crippen molar-refractivity contribution in [2.24, 2.45) is 11.8 Å². The maximum atomic E-state index is 12.6. The summed E-state index contributed by atoms with van der Waals surface area (Å²) in [6, 6.07) is 9.66. The highest BCUT2D eigenvalue weighted by Gasteiger charge is 2.27. The molecule has 1 aromatic carbocycles. The Labute approximate surface area is 146 Å². The van der Waals surface area contributed by atoms with E-state index in [0.717, 1.165) is 12.0 Å². The van der Waals surface area contributed by atoms with E-state index >= 15 is 0 Å². The molecule has 0 aliphatic rings. The molecule has 0 fully saturated rings. The second-order valence-electron chi connectivity index (χ2n) is 7.46. The second kappa shape index (κ2) is 8.86. The standard InChI is InChI=1S/C20H31NO3/c1-7-15(2)16(3)18(22)14-21(19(23)24-20(4,5)6)13-17-11-9-8-10-12-17/h8-12,15-16H,7,13-14H2,1-6H3. The molecule has 0 spiro atoms. The molecular weight excluding hydrogens is 302 g/mol. The lowest BCUT2D eigenvalue weighted by atomic mass is 9.89. The van der Waals surface area contributed by atoms with Crippen LogP contribution in [0.25, 0.3) is 0 Å². The zero-order chi connectivity index (χ0) is 18.3. The van der Waals surface area contributed by atoms with Gasteiger partial charge in [-0.3, -0.25) is 9.69 Å². The summed E-state index contributed by atoms with van der Waals surface area (Å²) in [6.07, 6.45) is 0.494. The quantitative estimate of drug-likeness (QED) is 0.728. The van der Waals surface area contributed by atoms with Crippen molar-refractivity contribution in [3.63, 3.8) is 0 Å². The Kier molecular flexibility index (Phi) is 7.46. The molecule has 0 radical (unpaired) electrons. The molecule has 4 nitrogen and oxygen atoms in total. The van der Waals surface area contributed by atoms with Crippen molar-refractivity contribution in [1.82, 2.24) is 4.90 Å². The van der Waals surface area contributed by atoms with Crippen LogP contribution >= 0.6 is 0 Å². The Hall–Kier alpha value is -1.84. The molecule has 0 aromatic heterocycles. The van der Waals surface area contributed by atoms with Crippen molar-refractivity contribution in [3.05, 3.63) is 35.9 Å². The third-order valence-corrected chi connectivity index (χ3v) is 4.22. The number of Topliss-reactive ketones (excluding diaryl/α,β-unsaturated/α-hetero) is 1. The zero-order valence-electron chi connectivity index (χ0n) is 15.8. The summed E-state index contributed by atoms with van der Waals surface area (Å²) in [5.41, 5.74) is 0.393. The van der Waals surface area contributed by atoms with Gasteiger partial charge in [0.05, 0.1) is 6.54 Å². The van der Waals surface area contributed by atoms with E-state index in [2.05, 4.69) is 13.8 Å². The molecule has 0 bridgehead atoms. The molecule has 2 atom stereocenters. The number of rotatable bonds is 7. The van der Waals surface area contributed by atoms with Crippen LogP contribution in [-0.2, 0) is 16.1 Å². The Morgan fingerprint density at radius 2 is 1.71 bits per heavy atom. The van der Waals surface area contributed by atoms with Crippen LogP contribution in [0.3, 0.4) is 0 Å². The SMILES string of the molecule is CCC(C)C(C)C(=O)CN(Cc1ccccc1)C(=O)OC(C)(C)C. The van der Waals surface area contributed by atoms with Crippen LogP contribution in [-0.4, -0.2) is 28.9 Å². The average Bonchev–Trinajstić information content (AvgIpc) is 2.52. The van der Waals surface area contributed by atoms with Crippen molar-refractivity contribution in [3.8, 4) is 0 Å². The molecule has 0 saturated carbocycles. The maximum Gasteiger partial charge on any atom is 0.410 e. The number of benzene rings is 1. The van der Waals surface area contributed by atoms with Crippen molar-refractivity contribution >= 4 is 11.9 Å². The first-order valence-corrected chi connectivity index (χ1v) is 8.68. The lowest BCUT2D eigenvalue weighted by Crippen LogP contribution is -2.41. The predicted octanol–water partition coefficient (Wildman–Crippen LogP) is 4.68. The average molecular weight is 333 g/mol. The number of nitrogens with zero attached hydrogens (tertiary/aromatic N) is 1. The van der Waals surface area contributed by atoms with E-state index in [-0.39, 0.29) is 18.2 Å². The molecule has 1 aromatic rings. The number of carbonyl (C=O) groups is 2. The molecule has 134 valence electrons. The third-order valence-electron chi connectivity index (χ3n) is 4.22. The number of amides is 1. The van der Waals surface area contributed by atoms with Gasteiger partial charge in [-0.1, -0.05) is 57.5 Å². The summed E-state index contributed by atoms with van der Waals surface area (Å²) in [7, 11) is 0. The topological polar surface area (TPSA) is 46.6 Å². The van der Waals surface area contributed by atoms with E-state index in [4.69, 9.17) is 4.74 Å². The first kappa shape index (κ1) is 20.2. The Balaban J connectivity index is 2.88. The fourth-order valence-corrected chi connectivity index (χ4v) is 2.32. The van der Waals surface area contributed by atoms with E-state index in [1.165, 1.54) is 4.90 Å². The Morgan fingerprint density at radius 1 is 1.12 bits per heavy atom. The lowest BCUT2D eigenvalue weighted by Gasteiger charge is -2.28. The molecule has 0 N–H and O–H groups in total. The van der Waals surface area contributed by atoms with Crippen molar-refractivity contribution in [2.75, 3.05) is 6.54 Å². The van der Waals surface area contributed by atoms with Crippen LogP contribution in [0.5, 0.6) is 0 Å². The molecule has 1 rings (SSSR count). The molecule has 0 heterocycles. The minimum atomic E-state index is -0.586. The summed E-state index contributed by atoms with van der Waals surface area (Å²) in [5.74, 6) is 0.302. The largest absolute Gasteiger partial charge is 0.444 e. The van der Waals surface area contributed by atoms with Crippen molar-refractivity contribution in [1.29, 1.82) is 0 Å². The van der Waals surface area contributed by atoms with Crippen LogP contribution in [0.4, 0.5) is 4.79 Å². The molecule has 4 heteroatoms. The lowest BCUT2D eigenvalue weighted by molar-refractivity contribution is -0.125. The fourth-order valence-electron chi connectivity index (χ4n) is 2.32. The number of hydrogen-bond acceptors (Lipinski definition) is 3. The summed E-state index contributed by atoms with van der Waals surface area (Å²) in [6.45, 7) is 12.0. The molecule has 2 unspecified atom stereocenters. The monoisotopic (exact) mass is 333 g/mol. The van der Waals surface area contributed by atoms with Gasteiger partial charge in [0.25, 0.3) is 0 Å². The molecule has 1 amide bonds. The first-order chi connectivity index (χ1) is 11.1. The summed E-state index contributed by atoms with van der Waals surface area (Å²) >= 11 is 0. The summed E-state index contributed by atoms with van der Waals surface area (Å²) < 4.78 is 5.47. The highest BCUT2D eigenvalue weighted by atomic mass is 16.6. The minimum Gasteiger partial charge on any atom is -0.444 e. The highest BCUT2D eigenvalue weighted by Crippen LogP contribution is 2.18. The molecule has 0 aliphatic heterocycles. The summed E-state index contributed by atoms with van der Waals surface area (Å²) in [4.78, 5) is 26.6. The van der Waals surface area contributed by atoms with Gasteiger partial charge in [0.1, 0.15) is 5.60 Å². The van der Waals surface area contributed by atoms with Gasteiger partial charge in [-0.2, -0.15) is 0 Å². The maximum absolute atomic E-state index is 12.6. The van der Waals surface area contributed by atoms with Gasteiger partial charge in [0.2, 0.25) is 0 Å². The number of carbonyl (C=O) groups excluding carboxylic acids is 2. The van der Waals surface area contributed by atoms with Crippen LogP contribution in [0.2, 0.25) is 0 Å². The normalized spacial score (nSPS) is 13.9. The van der Waals surface area contributed by atoms with Crippen molar-refractivity contribution in [2.45, 2.75) is 60.1 Å². The van der Waals surface area contributed by atoms with Crippen molar-refractivity contribution < 1.29 is 14.3 Å².